The Morgan fingerprint density at radius 1 is 1.83 bits per heavy atom. The predicted molar refractivity (Wildman–Crippen MR) is 38.6 cm³/mol. The molecule has 0 saturated heterocycles. The van der Waals surface area contributed by atoms with E-state index in [1.54, 1.807) is 0 Å². The summed E-state index contributed by atoms with van der Waals surface area (Å²) in [5.74, 6) is -0.912. The number of H-pyrrole nitrogens is 1. The average molecular weight is 173 g/mol. The van der Waals surface area contributed by atoms with Crippen molar-refractivity contribution in [1.82, 2.24) is 10.2 Å². The van der Waals surface area contributed by atoms with Crippen LogP contribution in [-0.4, -0.2) is 26.2 Å². The molecule has 0 aliphatic carbocycles. The van der Waals surface area contributed by atoms with Gasteiger partial charge in [-0.1, -0.05) is 5.10 Å². The Labute approximate surface area is 67.2 Å². The summed E-state index contributed by atoms with van der Waals surface area (Å²) in [7, 11) is 0. The summed E-state index contributed by atoms with van der Waals surface area (Å²) in [6, 6.07) is 1.29. The Morgan fingerprint density at radius 3 is 2.50 bits per heavy atom. The first-order valence-electron chi connectivity index (χ1n) is 2.87. The number of aliphatic carboxylic acids is 1. The molecule has 2 N–H and O–H groups in total. The third kappa shape index (κ3) is 4.91. The van der Waals surface area contributed by atoms with Crippen LogP contribution < -0.4 is 0 Å². The van der Waals surface area contributed by atoms with E-state index < -0.39 is 10.9 Å². The summed E-state index contributed by atoms with van der Waals surface area (Å²) in [6.45, 7) is 1.08. The zero-order valence-electron chi connectivity index (χ0n) is 6.22. The maximum Gasteiger partial charge on any atom is 0.342 e. The first kappa shape index (κ1) is 10.1. The van der Waals surface area contributed by atoms with Crippen LogP contribution >= 0.6 is 0 Å². The topological polar surface area (TPSA) is 109 Å². The second kappa shape index (κ2) is 4.83. The number of rotatable bonds is 1. The number of carbonyl (C=O) groups is 1. The number of hydrogen-bond donors (Lipinski definition) is 2. The summed E-state index contributed by atoms with van der Waals surface area (Å²) in [4.78, 5) is 18.3. The molecule has 1 heterocycles. The van der Waals surface area contributed by atoms with Gasteiger partial charge in [-0.3, -0.25) is 4.79 Å². The molecular weight excluding hydrogens is 166 g/mol. The van der Waals surface area contributed by atoms with Crippen molar-refractivity contribution in [2.45, 2.75) is 6.92 Å². The minimum atomic E-state index is -0.833. The fourth-order valence-corrected chi connectivity index (χ4v) is 0.350. The molecule has 0 amide bonds. The molecule has 0 unspecified atom stereocenters. The van der Waals surface area contributed by atoms with E-state index in [2.05, 4.69) is 10.2 Å². The Kier molecular flexibility index (Phi) is 4.06. The van der Waals surface area contributed by atoms with Gasteiger partial charge in [0.1, 0.15) is 0 Å². The number of nitrogens with one attached hydrogen (secondary N) is 1. The lowest BCUT2D eigenvalue weighted by Crippen LogP contribution is -1.86. The average Bonchev–Trinajstić information content (AvgIpc) is 2.34. The Hall–Kier alpha value is -1.92. The van der Waals surface area contributed by atoms with Gasteiger partial charge in [0.05, 0.1) is 12.3 Å². The third-order valence-corrected chi connectivity index (χ3v) is 0.683. The highest BCUT2D eigenvalue weighted by Gasteiger charge is 1.99. The molecule has 0 spiro atoms. The molecule has 1 aromatic rings. The Bertz CT molecular complexity index is 252. The van der Waals surface area contributed by atoms with Gasteiger partial charge in [0.15, 0.2) is 0 Å². The number of carboxylic acids is 1. The lowest BCUT2D eigenvalue weighted by Gasteiger charge is -1.82. The van der Waals surface area contributed by atoms with E-state index in [4.69, 9.17) is 9.90 Å². The lowest BCUT2D eigenvalue weighted by atomic mass is 10.7. The molecule has 0 bridgehead atoms. The maximum absolute atomic E-state index is 9.80. The molecule has 0 fully saturated rings. The van der Waals surface area contributed by atoms with Gasteiger partial charge < -0.3 is 15.2 Å². The standard InChI is InChI=1S/C3H3N3O2.C2H4O2/c7-6(8)3-1-2-4-5-3;1-2(3)4/h1-2H,(H,4,5);1H3,(H,3,4). The normalized spacial score (nSPS) is 8.08. The number of carboxylic acid groups (broad SMARTS) is 1. The van der Waals surface area contributed by atoms with E-state index in [0.29, 0.717) is 0 Å². The number of nitro groups is 1. The van der Waals surface area contributed by atoms with Crippen LogP contribution in [0.25, 0.3) is 0 Å². The fourth-order valence-electron chi connectivity index (χ4n) is 0.350. The van der Waals surface area contributed by atoms with Crippen LogP contribution in [0.15, 0.2) is 12.3 Å². The molecular formula is C5H7N3O4. The highest BCUT2D eigenvalue weighted by Crippen LogP contribution is 2.00. The van der Waals surface area contributed by atoms with Gasteiger partial charge in [0, 0.05) is 6.92 Å². The maximum atomic E-state index is 9.80. The molecule has 1 rings (SSSR count). The SMILES string of the molecule is CC(=O)O.O=[N+]([O-])c1ccn[nH]1. The summed E-state index contributed by atoms with van der Waals surface area (Å²) < 4.78 is 0. The monoisotopic (exact) mass is 173 g/mol. The molecule has 1 aromatic heterocycles. The van der Waals surface area contributed by atoms with Crippen molar-refractivity contribution < 1.29 is 14.8 Å². The minimum absolute atomic E-state index is 0.0787. The van der Waals surface area contributed by atoms with Crippen molar-refractivity contribution in [2.75, 3.05) is 0 Å². The van der Waals surface area contributed by atoms with Crippen molar-refractivity contribution in [3.63, 3.8) is 0 Å². The zero-order chi connectivity index (χ0) is 9.56. The third-order valence-electron chi connectivity index (χ3n) is 0.683. The van der Waals surface area contributed by atoms with Gasteiger partial charge in [-0.15, -0.1) is 5.10 Å². The largest absolute Gasteiger partial charge is 0.481 e. The second-order valence-corrected chi connectivity index (χ2v) is 1.72. The smallest absolute Gasteiger partial charge is 0.342 e. The molecule has 0 saturated carbocycles. The van der Waals surface area contributed by atoms with Crippen LogP contribution in [0.2, 0.25) is 0 Å². The first-order valence-corrected chi connectivity index (χ1v) is 2.87. The van der Waals surface area contributed by atoms with Crippen LogP contribution in [0.3, 0.4) is 0 Å². The molecule has 0 aliphatic heterocycles. The lowest BCUT2D eigenvalue weighted by molar-refractivity contribution is -0.389. The van der Waals surface area contributed by atoms with Gasteiger partial charge in [-0.05, 0) is 4.92 Å². The van der Waals surface area contributed by atoms with Gasteiger partial charge in [0.25, 0.3) is 5.97 Å². The summed E-state index contributed by atoms with van der Waals surface area (Å²) in [6.07, 6.45) is 1.33. The number of hydrogen-bond acceptors (Lipinski definition) is 4. The van der Waals surface area contributed by atoms with Crippen LogP contribution in [0.4, 0.5) is 5.82 Å². The molecule has 0 atom stereocenters. The summed E-state index contributed by atoms with van der Waals surface area (Å²) >= 11 is 0. The molecule has 0 aromatic carbocycles. The van der Waals surface area contributed by atoms with E-state index in [9.17, 15) is 10.1 Å². The summed E-state index contributed by atoms with van der Waals surface area (Å²) in [5, 5.41) is 22.8. The second-order valence-electron chi connectivity index (χ2n) is 1.72. The van der Waals surface area contributed by atoms with Crippen LogP contribution in [0.5, 0.6) is 0 Å². The van der Waals surface area contributed by atoms with Crippen LogP contribution in [-0.2, 0) is 4.79 Å². The van der Waals surface area contributed by atoms with Crippen LogP contribution in [0, 0.1) is 10.1 Å². The van der Waals surface area contributed by atoms with Crippen molar-refractivity contribution >= 4 is 11.8 Å². The Morgan fingerprint density at radius 2 is 2.33 bits per heavy atom. The first-order chi connectivity index (χ1) is 5.54. The number of aromatic amines is 1. The molecule has 66 valence electrons. The van der Waals surface area contributed by atoms with E-state index in [1.807, 2.05) is 0 Å². The van der Waals surface area contributed by atoms with Crippen LogP contribution in [0.1, 0.15) is 6.92 Å². The van der Waals surface area contributed by atoms with Crippen molar-refractivity contribution in [3.8, 4) is 0 Å². The Balaban J connectivity index is 0.000000261. The minimum Gasteiger partial charge on any atom is -0.481 e. The number of nitrogens with zero attached hydrogens (tertiary/aromatic N) is 2. The number of aromatic nitrogens is 2. The van der Waals surface area contributed by atoms with Crippen molar-refractivity contribution in [2.24, 2.45) is 0 Å². The van der Waals surface area contributed by atoms with E-state index in [0.717, 1.165) is 6.92 Å². The quantitative estimate of drug-likeness (QED) is 0.472. The van der Waals surface area contributed by atoms with E-state index in [-0.39, 0.29) is 5.82 Å². The zero-order valence-corrected chi connectivity index (χ0v) is 6.22. The van der Waals surface area contributed by atoms with Crippen molar-refractivity contribution in [3.05, 3.63) is 22.4 Å². The van der Waals surface area contributed by atoms with Crippen molar-refractivity contribution in [1.29, 1.82) is 0 Å². The van der Waals surface area contributed by atoms with E-state index in [1.165, 1.54) is 12.3 Å². The van der Waals surface area contributed by atoms with Gasteiger partial charge in [0.2, 0.25) is 0 Å². The van der Waals surface area contributed by atoms with Gasteiger partial charge in [-0.25, -0.2) is 0 Å². The highest BCUT2D eigenvalue weighted by atomic mass is 16.6. The predicted octanol–water partition coefficient (Wildman–Crippen LogP) is 0.409. The van der Waals surface area contributed by atoms with Gasteiger partial charge in [-0.2, -0.15) is 0 Å². The molecule has 0 radical (unpaired) electrons. The highest BCUT2D eigenvalue weighted by molar-refractivity contribution is 5.62. The molecule has 12 heavy (non-hydrogen) atoms. The molecule has 0 aliphatic rings. The molecule has 7 nitrogen and oxygen atoms in total. The van der Waals surface area contributed by atoms with E-state index >= 15 is 0 Å². The fraction of sp³-hybridized carbons (Fsp3) is 0.200. The summed E-state index contributed by atoms with van der Waals surface area (Å²) in [5.41, 5.74) is 0. The molecule has 7 heteroatoms. The van der Waals surface area contributed by atoms with Gasteiger partial charge >= 0.3 is 5.82 Å².